The normalized spacial score (nSPS) is 11.4. The number of hydrazone groups is 1. The Morgan fingerprint density at radius 1 is 1.19 bits per heavy atom. The zero-order chi connectivity index (χ0) is 18.5. The van der Waals surface area contributed by atoms with Gasteiger partial charge in [-0.3, -0.25) is 4.79 Å². The number of para-hydroxylation sites is 1. The van der Waals surface area contributed by atoms with Gasteiger partial charge in [-0.15, -0.1) is 0 Å². The molecular formula is C21H23N3O2. The SMILES string of the molecule is CC(C)COc1cccc(/C=N/NC(=O)c2cc3ccccc3n2C)c1. The third-order valence-electron chi connectivity index (χ3n) is 4.01. The number of hydrogen-bond acceptors (Lipinski definition) is 3. The number of aryl methyl sites for hydroxylation is 1. The Bertz CT molecular complexity index is 941. The first-order chi connectivity index (χ1) is 12.5. The van der Waals surface area contributed by atoms with E-state index in [1.807, 2.05) is 66.2 Å². The highest BCUT2D eigenvalue weighted by molar-refractivity contribution is 5.99. The van der Waals surface area contributed by atoms with Gasteiger partial charge in [0.25, 0.3) is 5.91 Å². The Morgan fingerprint density at radius 3 is 2.77 bits per heavy atom. The summed E-state index contributed by atoms with van der Waals surface area (Å²) in [5, 5.41) is 5.10. The molecule has 0 bridgehead atoms. The van der Waals surface area contributed by atoms with Crippen LogP contribution in [0.1, 0.15) is 29.9 Å². The number of hydrogen-bond donors (Lipinski definition) is 1. The molecule has 0 unspecified atom stereocenters. The molecule has 3 aromatic rings. The molecule has 1 heterocycles. The van der Waals surface area contributed by atoms with Crippen molar-refractivity contribution in [1.82, 2.24) is 9.99 Å². The molecule has 1 N–H and O–H groups in total. The quantitative estimate of drug-likeness (QED) is 0.541. The number of nitrogens with one attached hydrogen (secondary N) is 1. The summed E-state index contributed by atoms with van der Waals surface area (Å²) in [6.07, 6.45) is 1.61. The van der Waals surface area contributed by atoms with Crippen LogP contribution >= 0.6 is 0 Å². The standard InChI is InChI=1S/C21H23N3O2/c1-15(2)14-26-18-9-6-7-16(11-18)13-22-23-21(25)20-12-17-8-4-5-10-19(17)24(20)3/h4-13,15H,14H2,1-3H3,(H,23,25)/b22-13+. The summed E-state index contributed by atoms with van der Waals surface area (Å²) in [5.41, 5.74) is 5.03. The van der Waals surface area contributed by atoms with E-state index in [1.54, 1.807) is 6.21 Å². The Balaban J connectivity index is 1.67. The molecule has 0 atom stereocenters. The van der Waals surface area contributed by atoms with Crippen LogP contribution in [-0.4, -0.2) is 23.3 Å². The fourth-order valence-corrected chi connectivity index (χ4v) is 2.68. The van der Waals surface area contributed by atoms with Crippen LogP contribution in [0.15, 0.2) is 59.7 Å². The molecule has 1 amide bonds. The van der Waals surface area contributed by atoms with E-state index in [4.69, 9.17) is 4.74 Å². The molecule has 0 fully saturated rings. The van der Waals surface area contributed by atoms with E-state index in [0.717, 1.165) is 22.2 Å². The average molecular weight is 349 g/mol. The van der Waals surface area contributed by atoms with Crippen LogP contribution in [0.2, 0.25) is 0 Å². The van der Waals surface area contributed by atoms with Crippen LogP contribution < -0.4 is 10.2 Å². The first kappa shape index (κ1) is 17.7. The van der Waals surface area contributed by atoms with Crippen molar-refractivity contribution in [1.29, 1.82) is 0 Å². The molecule has 0 aliphatic rings. The maximum Gasteiger partial charge on any atom is 0.287 e. The first-order valence-corrected chi connectivity index (χ1v) is 8.65. The maximum atomic E-state index is 12.4. The Hall–Kier alpha value is -3.08. The van der Waals surface area contributed by atoms with Gasteiger partial charge in [-0.1, -0.05) is 44.2 Å². The number of nitrogens with zero attached hydrogens (tertiary/aromatic N) is 2. The number of aromatic nitrogens is 1. The van der Waals surface area contributed by atoms with Crippen molar-refractivity contribution in [3.05, 3.63) is 65.9 Å². The lowest BCUT2D eigenvalue weighted by atomic mass is 10.2. The van der Waals surface area contributed by atoms with Gasteiger partial charge >= 0.3 is 0 Å². The summed E-state index contributed by atoms with van der Waals surface area (Å²) in [5.74, 6) is 1.02. The van der Waals surface area contributed by atoms with E-state index in [9.17, 15) is 4.79 Å². The largest absolute Gasteiger partial charge is 0.493 e. The van der Waals surface area contributed by atoms with Crippen molar-refractivity contribution in [2.75, 3.05) is 6.61 Å². The summed E-state index contributed by atoms with van der Waals surface area (Å²) in [4.78, 5) is 12.4. The van der Waals surface area contributed by atoms with Gasteiger partial charge in [0.05, 0.1) is 12.8 Å². The second kappa shape index (κ2) is 7.87. The fraction of sp³-hybridized carbons (Fsp3) is 0.238. The van der Waals surface area contributed by atoms with Gasteiger partial charge in [0.2, 0.25) is 0 Å². The average Bonchev–Trinajstić information content (AvgIpc) is 2.97. The minimum atomic E-state index is -0.243. The van der Waals surface area contributed by atoms with E-state index in [-0.39, 0.29) is 5.91 Å². The molecule has 26 heavy (non-hydrogen) atoms. The number of carbonyl (C=O) groups is 1. The van der Waals surface area contributed by atoms with Crippen molar-refractivity contribution < 1.29 is 9.53 Å². The molecule has 0 aliphatic heterocycles. The molecule has 3 rings (SSSR count). The number of carbonyl (C=O) groups excluding carboxylic acids is 1. The minimum Gasteiger partial charge on any atom is -0.493 e. The maximum absolute atomic E-state index is 12.4. The molecule has 134 valence electrons. The van der Waals surface area contributed by atoms with Crippen molar-refractivity contribution in [2.24, 2.45) is 18.1 Å². The first-order valence-electron chi connectivity index (χ1n) is 8.65. The van der Waals surface area contributed by atoms with Crippen LogP contribution in [0.3, 0.4) is 0 Å². The predicted molar refractivity (Wildman–Crippen MR) is 105 cm³/mol. The number of rotatable bonds is 6. The lowest BCUT2D eigenvalue weighted by Crippen LogP contribution is -2.20. The van der Waals surface area contributed by atoms with Crippen molar-refractivity contribution >= 4 is 23.0 Å². The Morgan fingerprint density at radius 2 is 2.00 bits per heavy atom. The van der Waals surface area contributed by atoms with Gasteiger partial charge in [-0.2, -0.15) is 5.10 Å². The lowest BCUT2D eigenvalue weighted by molar-refractivity contribution is 0.0947. The van der Waals surface area contributed by atoms with Crippen LogP contribution in [0.4, 0.5) is 0 Å². The molecule has 5 nitrogen and oxygen atoms in total. The molecule has 5 heteroatoms. The monoisotopic (exact) mass is 349 g/mol. The number of ether oxygens (including phenoxy) is 1. The highest BCUT2D eigenvalue weighted by atomic mass is 16.5. The molecule has 2 aromatic carbocycles. The van der Waals surface area contributed by atoms with Crippen LogP contribution in [-0.2, 0) is 7.05 Å². The van der Waals surface area contributed by atoms with Crippen molar-refractivity contribution in [3.63, 3.8) is 0 Å². The molecule has 1 aromatic heterocycles. The Labute approximate surface area is 153 Å². The van der Waals surface area contributed by atoms with E-state index < -0.39 is 0 Å². The van der Waals surface area contributed by atoms with Gasteiger partial charge < -0.3 is 9.30 Å². The summed E-state index contributed by atoms with van der Waals surface area (Å²) in [6, 6.07) is 17.4. The van der Waals surface area contributed by atoms with Crippen LogP contribution in [0, 0.1) is 5.92 Å². The number of benzene rings is 2. The minimum absolute atomic E-state index is 0.243. The molecular weight excluding hydrogens is 326 g/mol. The number of fused-ring (bicyclic) bond motifs is 1. The van der Waals surface area contributed by atoms with Gasteiger partial charge in [-0.05, 0) is 35.7 Å². The number of amides is 1. The van der Waals surface area contributed by atoms with Crippen LogP contribution in [0.5, 0.6) is 5.75 Å². The topological polar surface area (TPSA) is 55.6 Å². The molecule has 0 radical (unpaired) electrons. The van der Waals surface area contributed by atoms with E-state index in [0.29, 0.717) is 18.2 Å². The van der Waals surface area contributed by atoms with E-state index in [1.165, 1.54) is 0 Å². The Kier molecular flexibility index (Phi) is 5.37. The van der Waals surface area contributed by atoms with E-state index in [2.05, 4.69) is 24.4 Å². The highest BCUT2D eigenvalue weighted by Gasteiger charge is 2.12. The second-order valence-electron chi connectivity index (χ2n) is 6.62. The highest BCUT2D eigenvalue weighted by Crippen LogP contribution is 2.18. The summed E-state index contributed by atoms with van der Waals surface area (Å²) >= 11 is 0. The third kappa shape index (κ3) is 4.11. The smallest absolute Gasteiger partial charge is 0.287 e. The zero-order valence-corrected chi connectivity index (χ0v) is 15.3. The summed E-state index contributed by atoms with van der Waals surface area (Å²) < 4.78 is 7.56. The van der Waals surface area contributed by atoms with Gasteiger partial charge in [0.15, 0.2) is 0 Å². The molecule has 0 saturated carbocycles. The molecule has 0 aliphatic carbocycles. The lowest BCUT2D eigenvalue weighted by Gasteiger charge is -2.08. The zero-order valence-electron chi connectivity index (χ0n) is 15.3. The summed E-state index contributed by atoms with van der Waals surface area (Å²) in [7, 11) is 1.87. The van der Waals surface area contributed by atoms with Crippen molar-refractivity contribution in [2.45, 2.75) is 13.8 Å². The van der Waals surface area contributed by atoms with E-state index >= 15 is 0 Å². The fourth-order valence-electron chi connectivity index (χ4n) is 2.68. The predicted octanol–water partition coefficient (Wildman–Crippen LogP) is 3.98. The molecule has 0 spiro atoms. The third-order valence-corrected chi connectivity index (χ3v) is 4.01. The second-order valence-corrected chi connectivity index (χ2v) is 6.62. The van der Waals surface area contributed by atoms with Crippen molar-refractivity contribution in [3.8, 4) is 5.75 Å². The summed E-state index contributed by atoms with van der Waals surface area (Å²) in [6.45, 7) is 4.88. The molecule has 0 saturated heterocycles. The van der Waals surface area contributed by atoms with Gasteiger partial charge in [0.1, 0.15) is 11.4 Å². The van der Waals surface area contributed by atoms with Gasteiger partial charge in [-0.25, -0.2) is 5.43 Å². The van der Waals surface area contributed by atoms with Gasteiger partial charge in [0, 0.05) is 18.0 Å². The van der Waals surface area contributed by atoms with Crippen LogP contribution in [0.25, 0.3) is 10.9 Å².